The molecule has 9 heteroatoms. The van der Waals surface area contributed by atoms with Crippen LogP contribution in [0.4, 0.5) is 10.2 Å². The fourth-order valence-corrected chi connectivity index (χ4v) is 3.49. The Kier molecular flexibility index (Phi) is 9.89. The summed E-state index contributed by atoms with van der Waals surface area (Å²) in [5.74, 6) is 1.31. The average Bonchev–Trinajstić information content (AvgIpc) is 3.08. The number of rotatable bonds is 8. The molecule has 0 bridgehead atoms. The van der Waals surface area contributed by atoms with Crippen molar-refractivity contribution in [2.75, 3.05) is 37.6 Å². The van der Waals surface area contributed by atoms with Gasteiger partial charge in [-0.05, 0) is 44.7 Å². The van der Waals surface area contributed by atoms with E-state index in [4.69, 9.17) is 0 Å². The van der Waals surface area contributed by atoms with Gasteiger partial charge in [0, 0.05) is 50.9 Å². The van der Waals surface area contributed by atoms with E-state index in [0.717, 1.165) is 44.7 Å². The maximum absolute atomic E-state index is 13.9. The topological polar surface area (TPSA) is 81.6 Å². The summed E-state index contributed by atoms with van der Waals surface area (Å²) in [6.07, 6.45) is 6.56. The summed E-state index contributed by atoms with van der Waals surface area (Å²) in [6.45, 7) is 5.56. The summed E-state index contributed by atoms with van der Waals surface area (Å²) in [5.41, 5.74) is 0. The van der Waals surface area contributed by atoms with E-state index in [1.54, 1.807) is 12.3 Å². The molecule has 1 saturated heterocycles. The summed E-state index contributed by atoms with van der Waals surface area (Å²) in [6, 6.07) is 3.24. The number of halogens is 2. The molecule has 0 aromatic carbocycles. The minimum Gasteiger partial charge on any atom is -0.357 e. The van der Waals surface area contributed by atoms with Crippen molar-refractivity contribution in [3.63, 3.8) is 0 Å². The highest BCUT2D eigenvalue weighted by atomic mass is 127. The minimum atomic E-state index is -0.285. The molecule has 1 aliphatic carbocycles. The Bertz CT molecular complexity index is 685. The van der Waals surface area contributed by atoms with E-state index in [-0.39, 0.29) is 47.7 Å². The third kappa shape index (κ3) is 6.97. The van der Waals surface area contributed by atoms with Gasteiger partial charge in [0.1, 0.15) is 0 Å². The Labute approximate surface area is 189 Å². The summed E-state index contributed by atoms with van der Waals surface area (Å²) in [4.78, 5) is 22.5. The predicted molar refractivity (Wildman–Crippen MR) is 124 cm³/mol. The number of pyridine rings is 1. The highest BCUT2D eigenvalue weighted by Gasteiger charge is 2.26. The van der Waals surface area contributed by atoms with Gasteiger partial charge in [0.25, 0.3) is 0 Å². The maximum Gasteiger partial charge on any atom is 0.223 e. The molecule has 1 aromatic heterocycles. The Morgan fingerprint density at radius 1 is 1.34 bits per heavy atom. The van der Waals surface area contributed by atoms with Crippen LogP contribution in [0.3, 0.4) is 0 Å². The van der Waals surface area contributed by atoms with Crippen molar-refractivity contribution in [1.29, 1.82) is 0 Å². The van der Waals surface area contributed by atoms with Crippen LogP contribution in [0.1, 0.15) is 39.0 Å². The molecular formula is C20H32FIN6O. The van der Waals surface area contributed by atoms with Gasteiger partial charge in [-0.3, -0.25) is 9.79 Å². The van der Waals surface area contributed by atoms with Crippen LogP contribution < -0.4 is 20.9 Å². The smallest absolute Gasteiger partial charge is 0.223 e. The largest absolute Gasteiger partial charge is 0.357 e. The van der Waals surface area contributed by atoms with Gasteiger partial charge in [-0.1, -0.05) is 6.42 Å². The number of hydrogen-bond donors (Lipinski definition) is 3. The highest BCUT2D eigenvalue weighted by Crippen LogP contribution is 2.26. The van der Waals surface area contributed by atoms with Gasteiger partial charge in [0.05, 0.1) is 0 Å². The molecule has 0 spiro atoms. The fraction of sp³-hybridized carbons (Fsp3) is 0.650. The van der Waals surface area contributed by atoms with E-state index in [1.165, 1.54) is 12.5 Å². The zero-order chi connectivity index (χ0) is 19.8. The van der Waals surface area contributed by atoms with Crippen molar-refractivity contribution in [2.24, 2.45) is 10.9 Å². The van der Waals surface area contributed by atoms with Crippen LogP contribution in [0.2, 0.25) is 0 Å². The zero-order valence-electron chi connectivity index (χ0n) is 17.0. The third-order valence-corrected chi connectivity index (χ3v) is 5.29. The van der Waals surface area contributed by atoms with Gasteiger partial charge in [-0.25, -0.2) is 9.37 Å². The van der Waals surface area contributed by atoms with Crippen LogP contribution >= 0.6 is 24.0 Å². The molecule has 1 amide bonds. The fourth-order valence-electron chi connectivity index (χ4n) is 3.49. The Balaban J connectivity index is 0.00000300. The molecule has 3 rings (SSSR count). The predicted octanol–water partition coefficient (Wildman–Crippen LogP) is 2.28. The lowest BCUT2D eigenvalue weighted by Crippen LogP contribution is -2.44. The number of guanidine groups is 1. The molecule has 1 unspecified atom stereocenters. The lowest BCUT2D eigenvalue weighted by Gasteiger charge is -2.23. The van der Waals surface area contributed by atoms with E-state index in [1.807, 2.05) is 11.8 Å². The number of aromatic nitrogens is 1. The molecule has 2 aliphatic rings. The van der Waals surface area contributed by atoms with Crippen molar-refractivity contribution in [1.82, 2.24) is 20.9 Å². The summed E-state index contributed by atoms with van der Waals surface area (Å²) in [5, 5.41) is 9.68. The van der Waals surface area contributed by atoms with Gasteiger partial charge >= 0.3 is 0 Å². The first-order valence-corrected chi connectivity index (χ1v) is 10.4. The van der Waals surface area contributed by atoms with Gasteiger partial charge in [0.2, 0.25) is 5.91 Å². The molecule has 1 atom stereocenters. The number of anilines is 1. The van der Waals surface area contributed by atoms with E-state index in [0.29, 0.717) is 25.5 Å². The Hall–Kier alpha value is -1.65. The molecule has 2 heterocycles. The van der Waals surface area contributed by atoms with E-state index >= 15 is 0 Å². The summed E-state index contributed by atoms with van der Waals surface area (Å²) in [7, 11) is 0. The van der Waals surface area contributed by atoms with Crippen molar-refractivity contribution < 1.29 is 9.18 Å². The molecule has 1 saturated carbocycles. The number of carbonyl (C=O) groups excluding carboxylic acids is 1. The number of aliphatic imine (C=N–C) groups is 1. The lowest BCUT2D eigenvalue weighted by molar-refractivity contribution is -0.127. The quantitative estimate of drug-likeness (QED) is 0.213. The second-order valence-electron chi connectivity index (χ2n) is 7.42. The first kappa shape index (κ1) is 23.6. The number of hydrogen-bond acceptors (Lipinski definition) is 4. The van der Waals surface area contributed by atoms with Gasteiger partial charge in [-0.2, -0.15) is 0 Å². The first-order valence-electron chi connectivity index (χ1n) is 10.4. The average molecular weight is 518 g/mol. The zero-order valence-corrected chi connectivity index (χ0v) is 19.3. The van der Waals surface area contributed by atoms with Crippen LogP contribution in [0.15, 0.2) is 23.3 Å². The van der Waals surface area contributed by atoms with Gasteiger partial charge in [0.15, 0.2) is 17.6 Å². The minimum absolute atomic E-state index is 0. The Morgan fingerprint density at radius 2 is 2.17 bits per heavy atom. The number of carbonyl (C=O) groups is 1. The molecule has 1 aliphatic heterocycles. The highest BCUT2D eigenvalue weighted by molar-refractivity contribution is 14.0. The molecular weight excluding hydrogens is 486 g/mol. The summed E-state index contributed by atoms with van der Waals surface area (Å²) >= 11 is 0. The number of amides is 1. The van der Waals surface area contributed by atoms with Gasteiger partial charge < -0.3 is 20.9 Å². The standard InChI is InChI=1S/C20H31FN6O.HI/c1-2-22-20(25-12-5-11-24-19(28)15-6-3-7-15)26-16-9-13-27(14-16)18-17(21)8-4-10-23-18;/h4,8,10,15-16H,2-3,5-7,9,11-14H2,1H3,(H,24,28)(H2,22,25,26);1H. The van der Waals surface area contributed by atoms with E-state index < -0.39 is 0 Å². The molecule has 7 nitrogen and oxygen atoms in total. The SMILES string of the molecule is CCNC(=NCCCNC(=O)C1CCC1)NC1CCN(c2ncccc2F)C1.I. The van der Waals surface area contributed by atoms with Crippen LogP contribution in [-0.2, 0) is 4.79 Å². The van der Waals surface area contributed by atoms with E-state index in [2.05, 4.69) is 25.9 Å². The van der Waals surface area contributed by atoms with Crippen LogP contribution in [0.5, 0.6) is 0 Å². The Morgan fingerprint density at radius 3 is 2.86 bits per heavy atom. The normalized spacial score (nSPS) is 19.3. The molecule has 0 radical (unpaired) electrons. The van der Waals surface area contributed by atoms with Crippen molar-refractivity contribution in [3.8, 4) is 0 Å². The lowest BCUT2D eigenvalue weighted by atomic mass is 9.85. The van der Waals surface area contributed by atoms with Gasteiger partial charge in [-0.15, -0.1) is 24.0 Å². The van der Waals surface area contributed by atoms with Crippen molar-refractivity contribution in [3.05, 3.63) is 24.1 Å². The second-order valence-corrected chi connectivity index (χ2v) is 7.42. The maximum atomic E-state index is 13.9. The monoisotopic (exact) mass is 518 g/mol. The van der Waals surface area contributed by atoms with Crippen LogP contribution in [-0.4, -0.2) is 55.6 Å². The number of nitrogens with one attached hydrogen (secondary N) is 3. The first-order chi connectivity index (χ1) is 13.7. The second kappa shape index (κ2) is 12.1. The molecule has 2 fully saturated rings. The van der Waals surface area contributed by atoms with Crippen molar-refractivity contribution in [2.45, 2.75) is 45.1 Å². The molecule has 3 N–H and O–H groups in total. The van der Waals surface area contributed by atoms with E-state index in [9.17, 15) is 9.18 Å². The number of nitrogens with zero attached hydrogens (tertiary/aromatic N) is 3. The molecule has 1 aromatic rings. The third-order valence-electron chi connectivity index (χ3n) is 5.29. The molecule has 29 heavy (non-hydrogen) atoms. The van der Waals surface area contributed by atoms with Crippen LogP contribution in [0.25, 0.3) is 0 Å². The van der Waals surface area contributed by atoms with Crippen molar-refractivity contribution >= 4 is 41.7 Å². The van der Waals surface area contributed by atoms with Crippen LogP contribution in [0, 0.1) is 11.7 Å². The summed E-state index contributed by atoms with van der Waals surface area (Å²) < 4.78 is 13.9. The molecule has 162 valence electrons.